The normalized spacial score (nSPS) is 14.5. The Labute approximate surface area is 192 Å². The van der Waals surface area contributed by atoms with Gasteiger partial charge in [0.15, 0.2) is 0 Å². The molecule has 1 saturated carbocycles. The fraction of sp³-hybridized carbons (Fsp3) is 0.333. The first-order valence-corrected chi connectivity index (χ1v) is 11.2. The summed E-state index contributed by atoms with van der Waals surface area (Å²) in [7, 11) is 1.59. The first-order valence-electron chi connectivity index (χ1n) is 10.5. The van der Waals surface area contributed by atoms with Crippen LogP contribution in [0.4, 0.5) is 0 Å². The van der Waals surface area contributed by atoms with Gasteiger partial charge in [0.2, 0.25) is 0 Å². The van der Waals surface area contributed by atoms with E-state index in [2.05, 4.69) is 5.32 Å². The number of aromatic nitrogens is 2. The molecule has 1 aliphatic rings. The molecule has 5 nitrogen and oxygen atoms in total. The quantitative estimate of drug-likeness (QED) is 0.494. The Kier molecular flexibility index (Phi) is 6.54. The van der Waals surface area contributed by atoms with Crippen molar-refractivity contribution in [3.8, 4) is 22.8 Å². The summed E-state index contributed by atoms with van der Waals surface area (Å²) in [5.41, 5.74) is 2.77. The summed E-state index contributed by atoms with van der Waals surface area (Å²) in [5, 5.41) is 4.39. The van der Waals surface area contributed by atoms with Crippen molar-refractivity contribution in [2.45, 2.75) is 45.1 Å². The fourth-order valence-electron chi connectivity index (χ4n) is 4.15. The van der Waals surface area contributed by atoms with Crippen molar-refractivity contribution in [1.29, 1.82) is 0 Å². The highest BCUT2D eigenvalue weighted by Crippen LogP contribution is 2.35. The van der Waals surface area contributed by atoms with Gasteiger partial charge >= 0.3 is 0 Å². The second-order valence-electron chi connectivity index (χ2n) is 7.83. The van der Waals surface area contributed by atoms with E-state index >= 15 is 0 Å². The summed E-state index contributed by atoms with van der Waals surface area (Å²) in [4.78, 5) is 17.9. The maximum absolute atomic E-state index is 13.2. The fourth-order valence-corrected chi connectivity index (χ4v) is 4.44. The van der Waals surface area contributed by atoms with E-state index in [9.17, 15) is 4.79 Å². The molecule has 4 rings (SSSR count). The van der Waals surface area contributed by atoms with E-state index in [1.54, 1.807) is 19.2 Å². The molecule has 3 aromatic rings. The number of carbonyl (C=O) groups excluding carboxylic acids is 1. The summed E-state index contributed by atoms with van der Waals surface area (Å²) in [6.45, 7) is 1.91. The highest BCUT2D eigenvalue weighted by Gasteiger charge is 2.25. The van der Waals surface area contributed by atoms with Crippen LogP contribution in [0.1, 0.15) is 48.3 Å². The number of rotatable bonds is 5. The van der Waals surface area contributed by atoms with Crippen LogP contribution in [-0.4, -0.2) is 28.6 Å². The Morgan fingerprint density at radius 1 is 1.06 bits per heavy atom. The number of ether oxygens (including phenoxy) is 1. The van der Waals surface area contributed by atoms with Gasteiger partial charge in [-0.3, -0.25) is 9.36 Å². The molecular formula is C24H25Cl2N3O2. The first kappa shape index (κ1) is 21.7. The highest BCUT2D eigenvalue weighted by atomic mass is 35.5. The molecule has 1 aromatic heterocycles. The molecule has 1 heterocycles. The lowest BCUT2D eigenvalue weighted by atomic mass is 9.95. The van der Waals surface area contributed by atoms with Crippen molar-refractivity contribution in [2.75, 3.05) is 7.11 Å². The van der Waals surface area contributed by atoms with Gasteiger partial charge < -0.3 is 10.1 Å². The van der Waals surface area contributed by atoms with Gasteiger partial charge in [0.25, 0.3) is 5.91 Å². The third kappa shape index (κ3) is 4.58. The molecule has 1 fully saturated rings. The van der Waals surface area contributed by atoms with Crippen LogP contribution in [0, 0.1) is 6.92 Å². The molecule has 0 bridgehead atoms. The molecular weight excluding hydrogens is 433 g/mol. The van der Waals surface area contributed by atoms with Crippen LogP contribution in [0.2, 0.25) is 10.0 Å². The number of nitrogens with one attached hydrogen (secondary N) is 1. The van der Waals surface area contributed by atoms with Crippen molar-refractivity contribution >= 4 is 29.1 Å². The number of nitrogens with zero attached hydrogens (tertiary/aromatic N) is 2. The lowest BCUT2D eigenvalue weighted by Crippen LogP contribution is -2.36. The van der Waals surface area contributed by atoms with Crippen LogP contribution in [0.25, 0.3) is 17.1 Å². The van der Waals surface area contributed by atoms with E-state index in [0.29, 0.717) is 27.3 Å². The summed E-state index contributed by atoms with van der Waals surface area (Å²) < 4.78 is 7.52. The summed E-state index contributed by atoms with van der Waals surface area (Å²) in [5.74, 6) is 1.06. The maximum atomic E-state index is 13.2. The van der Waals surface area contributed by atoms with Crippen molar-refractivity contribution in [1.82, 2.24) is 14.9 Å². The average molecular weight is 458 g/mol. The topological polar surface area (TPSA) is 56.1 Å². The number of imidazole rings is 1. The van der Waals surface area contributed by atoms with Gasteiger partial charge in [-0.2, -0.15) is 0 Å². The van der Waals surface area contributed by atoms with Gasteiger partial charge in [-0.05, 0) is 62.2 Å². The van der Waals surface area contributed by atoms with Gasteiger partial charge in [-0.25, -0.2) is 4.98 Å². The molecule has 0 saturated heterocycles. The number of hydrogen-bond acceptors (Lipinski definition) is 3. The van der Waals surface area contributed by atoms with Gasteiger partial charge in [0.05, 0.1) is 18.4 Å². The maximum Gasteiger partial charge on any atom is 0.272 e. The zero-order chi connectivity index (χ0) is 22.0. The van der Waals surface area contributed by atoms with Gasteiger partial charge in [-0.1, -0.05) is 42.5 Å². The molecule has 0 atom stereocenters. The van der Waals surface area contributed by atoms with Crippen LogP contribution in [-0.2, 0) is 0 Å². The molecule has 7 heteroatoms. The second kappa shape index (κ2) is 9.33. The lowest BCUT2D eigenvalue weighted by molar-refractivity contribution is 0.0922. The molecule has 0 radical (unpaired) electrons. The number of hydrogen-bond donors (Lipinski definition) is 1. The largest absolute Gasteiger partial charge is 0.496 e. The monoisotopic (exact) mass is 457 g/mol. The molecule has 1 amide bonds. The van der Waals surface area contributed by atoms with Crippen LogP contribution >= 0.6 is 23.2 Å². The van der Waals surface area contributed by atoms with Crippen LogP contribution in [0.5, 0.6) is 5.75 Å². The molecule has 31 heavy (non-hydrogen) atoms. The number of amides is 1. The lowest BCUT2D eigenvalue weighted by Gasteiger charge is -2.22. The Morgan fingerprint density at radius 2 is 1.74 bits per heavy atom. The smallest absolute Gasteiger partial charge is 0.272 e. The van der Waals surface area contributed by atoms with Crippen molar-refractivity contribution < 1.29 is 9.53 Å². The van der Waals surface area contributed by atoms with Gasteiger partial charge in [0, 0.05) is 21.8 Å². The van der Waals surface area contributed by atoms with E-state index in [4.69, 9.17) is 32.9 Å². The molecule has 0 spiro atoms. The SMILES string of the molecule is COc1cc(Cl)ccc1-c1nc(C(=O)NC2CCCCC2)c(C)n1-c1ccc(Cl)cc1. The zero-order valence-electron chi connectivity index (χ0n) is 17.6. The molecule has 1 aliphatic carbocycles. The Hall–Kier alpha value is -2.50. The number of halogens is 2. The minimum Gasteiger partial charge on any atom is -0.496 e. The van der Waals surface area contributed by atoms with E-state index in [1.807, 2.05) is 41.8 Å². The van der Waals surface area contributed by atoms with E-state index in [1.165, 1.54) is 6.42 Å². The molecule has 162 valence electrons. The zero-order valence-corrected chi connectivity index (χ0v) is 19.1. The molecule has 0 unspecified atom stereocenters. The van der Waals surface area contributed by atoms with Gasteiger partial charge in [-0.15, -0.1) is 0 Å². The minimum absolute atomic E-state index is 0.147. The third-order valence-corrected chi connectivity index (χ3v) is 6.24. The van der Waals surface area contributed by atoms with Crippen LogP contribution in [0.15, 0.2) is 42.5 Å². The number of benzene rings is 2. The van der Waals surface area contributed by atoms with Crippen molar-refractivity contribution in [3.05, 3.63) is 63.9 Å². The predicted octanol–water partition coefficient (Wildman–Crippen LogP) is 6.23. The van der Waals surface area contributed by atoms with E-state index < -0.39 is 0 Å². The Morgan fingerprint density at radius 3 is 2.42 bits per heavy atom. The molecule has 2 aromatic carbocycles. The summed E-state index contributed by atoms with van der Waals surface area (Å²) in [6, 6.07) is 13.1. The number of carbonyl (C=O) groups is 1. The molecule has 0 aliphatic heterocycles. The summed E-state index contributed by atoms with van der Waals surface area (Å²) >= 11 is 12.3. The van der Waals surface area contributed by atoms with Crippen LogP contribution in [0.3, 0.4) is 0 Å². The predicted molar refractivity (Wildman–Crippen MR) is 125 cm³/mol. The standard InChI is InChI=1S/C24H25Cl2N3O2/c1-15-22(24(30)27-18-6-4-3-5-7-18)28-23(20-13-10-17(26)14-21(20)31-2)29(15)19-11-8-16(25)9-12-19/h8-14,18H,3-7H2,1-2H3,(H,27,30). The first-order chi connectivity index (χ1) is 15.0. The van der Waals surface area contributed by atoms with Crippen molar-refractivity contribution in [2.24, 2.45) is 0 Å². The Balaban J connectivity index is 1.82. The number of methoxy groups -OCH3 is 1. The van der Waals surface area contributed by atoms with Crippen molar-refractivity contribution in [3.63, 3.8) is 0 Å². The van der Waals surface area contributed by atoms with E-state index in [-0.39, 0.29) is 11.9 Å². The Bertz CT molecular complexity index is 1090. The second-order valence-corrected chi connectivity index (χ2v) is 8.71. The van der Waals surface area contributed by atoms with Crippen LogP contribution < -0.4 is 10.1 Å². The van der Waals surface area contributed by atoms with Gasteiger partial charge in [0.1, 0.15) is 17.3 Å². The minimum atomic E-state index is -0.147. The summed E-state index contributed by atoms with van der Waals surface area (Å²) in [6.07, 6.45) is 5.56. The third-order valence-electron chi connectivity index (χ3n) is 5.75. The molecule has 1 N–H and O–H groups in total. The van der Waals surface area contributed by atoms with E-state index in [0.717, 1.165) is 42.6 Å². The highest BCUT2D eigenvalue weighted by molar-refractivity contribution is 6.31. The average Bonchev–Trinajstić information content (AvgIpc) is 3.12.